The lowest BCUT2D eigenvalue weighted by Crippen LogP contribution is -2.18. The number of thioether (sulfide) groups is 1. The van der Waals surface area contributed by atoms with Crippen molar-refractivity contribution in [1.29, 1.82) is 0 Å². The Morgan fingerprint density at radius 1 is 1.38 bits per heavy atom. The predicted molar refractivity (Wildman–Crippen MR) is 54.8 cm³/mol. The zero-order valence-corrected chi connectivity index (χ0v) is 8.36. The molecule has 2 rings (SSSR count). The lowest BCUT2D eigenvalue weighted by Gasteiger charge is -2.08. The van der Waals surface area contributed by atoms with Crippen molar-refractivity contribution in [2.45, 2.75) is 5.37 Å². The zero-order valence-electron chi connectivity index (χ0n) is 6.79. The predicted octanol–water partition coefficient (Wildman–Crippen LogP) is 2.20. The largest absolute Gasteiger partial charge is 0.339 e. The zero-order chi connectivity index (χ0) is 9.26. The Hall–Kier alpha value is -0.670. The average Bonchev–Trinajstić information content (AvgIpc) is 2.53. The summed E-state index contributed by atoms with van der Waals surface area (Å²) in [6, 6.07) is 7.54. The molecule has 1 aromatic carbocycles. The minimum absolute atomic E-state index is 0.102. The van der Waals surface area contributed by atoms with E-state index in [1.807, 2.05) is 24.3 Å². The molecule has 0 saturated carbocycles. The summed E-state index contributed by atoms with van der Waals surface area (Å²) in [5.74, 6) is 0.651. The fourth-order valence-electron chi connectivity index (χ4n) is 1.21. The Labute approximate surface area is 85.7 Å². The standard InChI is InChI=1S/C9H8ClNOS/c10-7-3-1-6(2-4-7)9-11-8(12)5-13-9/h1-4,9H,5H2,(H,11,12)/t9-/m1/s1. The highest BCUT2D eigenvalue weighted by atomic mass is 35.5. The Kier molecular flexibility index (Phi) is 2.47. The van der Waals surface area contributed by atoms with Gasteiger partial charge in [0.15, 0.2) is 0 Å². The third-order valence-electron chi connectivity index (χ3n) is 1.85. The fourth-order valence-corrected chi connectivity index (χ4v) is 2.30. The molecule has 0 aromatic heterocycles. The minimum Gasteiger partial charge on any atom is -0.339 e. The number of carbonyl (C=O) groups is 1. The van der Waals surface area contributed by atoms with Crippen molar-refractivity contribution in [2.75, 3.05) is 5.75 Å². The monoisotopic (exact) mass is 213 g/mol. The van der Waals surface area contributed by atoms with Crippen molar-refractivity contribution in [1.82, 2.24) is 5.32 Å². The Balaban J connectivity index is 2.17. The van der Waals surface area contributed by atoms with Crippen molar-refractivity contribution in [3.63, 3.8) is 0 Å². The molecule has 0 spiro atoms. The van der Waals surface area contributed by atoms with E-state index in [1.165, 1.54) is 0 Å². The number of rotatable bonds is 1. The summed E-state index contributed by atoms with van der Waals surface area (Å²) in [6.07, 6.45) is 0. The molecule has 2 nitrogen and oxygen atoms in total. The summed E-state index contributed by atoms with van der Waals surface area (Å²) in [4.78, 5) is 10.9. The van der Waals surface area contributed by atoms with Crippen LogP contribution in [0.2, 0.25) is 5.02 Å². The van der Waals surface area contributed by atoms with Gasteiger partial charge in [0.2, 0.25) is 5.91 Å². The molecule has 0 radical (unpaired) electrons. The second kappa shape index (κ2) is 3.60. The third kappa shape index (κ3) is 1.98. The second-order valence-corrected chi connectivity index (χ2v) is 4.34. The van der Waals surface area contributed by atoms with Crippen molar-refractivity contribution in [3.05, 3.63) is 34.9 Å². The van der Waals surface area contributed by atoms with Crippen molar-refractivity contribution in [2.24, 2.45) is 0 Å². The van der Waals surface area contributed by atoms with Crippen LogP contribution in [0.3, 0.4) is 0 Å². The van der Waals surface area contributed by atoms with Gasteiger partial charge in [0, 0.05) is 5.02 Å². The molecule has 1 aliphatic rings. The van der Waals surface area contributed by atoms with Gasteiger partial charge in [-0.05, 0) is 17.7 Å². The van der Waals surface area contributed by atoms with Gasteiger partial charge in [0.05, 0.1) is 5.75 Å². The number of nitrogens with one attached hydrogen (secondary N) is 1. The molecular weight excluding hydrogens is 206 g/mol. The van der Waals surface area contributed by atoms with Gasteiger partial charge in [-0.1, -0.05) is 23.7 Å². The molecule has 1 amide bonds. The summed E-state index contributed by atoms with van der Waals surface area (Å²) in [5.41, 5.74) is 1.10. The molecule has 0 bridgehead atoms. The maximum Gasteiger partial charge on any atom is 0.231 e. The quantitative estimate of drug-likeness (QED) is 0.775. The van der Waals surface area contributed by atoms with E-state index in [0.717, 1.165) is 10.6 Å². The number of amides is 1. The first kappa shape index (κ1) is 8.91. The Morgan fingerprint density at radius 2 is 2.08 bits per heavy atom. The first-order valence-corrected chi connectivity index (χ1v) is 5.35. The van der Waals surface area contributed by atoms with Crippen LogP contribution in [0, 0.1) is 0 Å². The molecular formula is C9H8ClNOS. The van der Waals surface area contributed by atoms with Crippen LogP contribution in [-0.2, 0) is 4.79 Å². The van der Waals surface area contributed by atoms with Gasteiger partial charge in [-0.3, -0.25) is 4.79 Å². The van der Waals surface area contributed by atoms with E-state index in [2.05, 4.69) is 5.32 Å². The van der Waals surface area contributed by atoms with Crippen molar-refractivity contribution in [3.8, 4) is 0 Å². The second-order valence-electron chi connectivity index (χ2n) is 2.81. The average molecular weight is 214 g/mol. The fraction of sp³-hybridized carbons (Fsp3) is 0.222. The van der Waals surface area contributed by atoms with E-state index in [9.17, 15) is 4.79 Å². The number of hydrogen-bond donors (Lipinski definition) is 1. The first-order chi connectivity index (χ1) is 6.25. The molecule has 68 valence electrons. The van der Waals surface area contributed by atoms with E-state index in [0.29, 0.717) is 5.75 Å². The molecule has 0 unspecified atom stereocenters. The van der Waals surface area contributed by atoms with E-state index in [-0.39, 0.29) is 11.3 Å². The van der Waals surface area contributed by atoms with Gasteiger partial charge in [-0.2, -0.15) is 0 Å². The summed E-state index contributed by atoms with van der Waals surface area (Å²) >= 11 is 7.36. The summed E-state index contributed by atoms with van der Waals surface area (Å²) in [5, 5.41) is 3.69. The van der Waals surface area contributed by atoms with Crippen molar-refractivity contribution >= 4 is 29.3 Å². The molecule has 1 heterocycles. The number of carbonyl (C=O) groups excluding carboxylic acids is 1. The smallest absolute Gasteiger partial charge is 0.231 e. The molecule has 1 saturated heterocycles. The summed E-state index contributed by atoms with van der Waals surface area (Å²) in [6.45, 7) is 0. The Bertz CT molecular complexity index is 325. The van der Waals surface area contributed by atoms with Crippen LogP contribution in [-0.4, -0.2) is 11.7 Å². The number of hydrogen-bond acceptors (Lipinski definition) is 2. The van der Waals surface area contributed by atoms with Gasteiger partial charge in [-0.15, -0.1) is 11.8 Å². The van der Waals surface area contributed by atoms with Gasteiger partial charge in [-0.25, -0.2) is 0 Å². The van der Waals surface area contributed by atoms with E-state index in [4.69, 9.17) is 11.6 Å². The van der Waals surface area contributed by atoms with Gasteiger partial charge < -0.3 is 5.32 Å². The molecule has 1 N–H and O–H groups in total. The van der Waals surface area contributed by atoms with Crippen LogP contribution in [0.15, 0.2) is 24.3 Å². The van der Waals surface area contributed by atoms with E-state index < -0.39 is 0 Å². The van der Waals surface area contributed by atoms with Crippen molar-refractivity contribution < 1.29 is 4.79 Å². The number of benzene rings is 1. The maximum atomic E-state index is 10.9. The normalized spacial score (nSPS) is 21.6. The summed E-state index contributed by atoms with van der Waals surface area (Å²) < 4.78 is 0. The van der Waals surface area contributed by atoms with E-state index in [1.54, 1.807) is 11.8 Å². The highest BCUT2D eigenvalue weighted by Gasteiger charge is 2.22. The van der Waals surface area contributed by atoms with Gasteiger partial charge >= 0.3 is 0 Å². The third-order valence-corrected chi connectivity index (χ3v) is 3.25. The lowest BCUT2D eigenvalue weighted by molar-refractivity contribution is -0.118. The van der Waals surface area contributed by atoms with Crippen LogP contribution in [0.1, 0.15) is 10.9 Å². The molecule has 13 heavy (non-hydrogen) atoms. The van der Waals surface area contributed by atoms with Crippen LogP contribution < -0.4 is 5.32 Å². The van der Waals surface area contributed by atoms with Gasteiger partial charge in [0.25, 0.3) is 0 Å². The molecule has 0 aliphatic carbocycles. The van der Waals surface area contributed by atoms with Crippen LogP contribution in [0.25, 0.3) is 0 Å². The highest BCUT2D eigenvalue weighted by molar-refractivity contribution is 8.00. The first-order valence-electron chi connectivity index (χ1n) is 3.92. The maximum absolute atomic E-state index is 10.9. The highest BCUT2D eigenvalue weighted by Crippen LogP contribution is 2.30. The molecule has 4 heteroatoms. The molecule has 1 aliphatic heterocycles. The van der Waals surface area contributed by atoms with Gasteiger partial charge in [0.1, 0.15) is 5.37 Å². The van der Waals surface area contributed by atoms with Crippen LogP contribution in [0.4, 0.5) is 0 Å². The van der Waals surface area contributed by atoms with Crippen LogP contribution in [0.5, 0.6) is 0 Å². The lowest BCUT2D eigenvalue weighted by atomic mass is 10.2. The molecule has 1 fully saturated rings. The Morgan fingerprint density at radius 3 is 2.62 bits per heavy atom. The van der Waals surface area contributed by atoms with E-state index >= 15 is 0 Å². The number of halogens is 1. The topological polar surface area (TPSA) is 29.1 Å². The SMILES string of the molecule is O=C1CS[C@H](c2ccc(Cl)cc2)N1. The molecule has 1 atom stereocenters. The molecule has 1 aromatic rings. The minimum atomic E-state index is 0.102. The summed E-state index contributed by atoms with van der Waals surface area (Å²) in [7, 11) is 0. The van der Waals surface area contributed by atoms with Crippen LogP contribution >= 0.6 is 23.4 Å².